The first-order valence-electron chi connectivity index (χ1n) is 7.54. The molecule has 1 atom stereocenters. The molecule has 1 aliphatic rings. The summed E-state index contributed by atoms with van der Waals surface area (Å²) in [5, 5.41) is 15.1. The summed E-state index contributed by atoms with van der Waals surface area (Å²) >= 11 is 1.59. The lowest BCUT2D eigenvalue weighted by molar-refractivity contribution is -0.143. The van der Waals surface area contributed by atoms with Gasteiger partial charge in [-0.05, 0) is 43.8 Å². The second-order valence-electron chi connectivity index (χ2n) is 5.57. The molecule has 0 amide bonds. The number of carboxylic acids is 1. The molecule has 0 radical (unpaired) electrons. The van der Waals surface area contributed by atoms with Gasteiger partial charge in [0, 0.05) is 13.0 Å². The summed E-state index contributed by atoms with van der Waals surface area (Å²) in [5.41, 5.74) is 0. The van der Waals surface area contributed by atoms with Gasteiger partial charge in [-0.15, -0.1) is 23.7 Å². The van der Waals surface area contributed by atoms with E-state index >= 15 is 0 Å². The molecule has 1 saturated heterocycles. The van der Waals surface area contributed by atoms with E-state index in [1.807, 2.05) is 17.5 Å². The van der Waals surface area contributed by atoms with Gasteiger partial charge in [0.15, 0.2) is 0 Å². The zero-order valence-electron chi connectivity index (χ0n) is 12.7. The lowest BCUT2D eigenvalue weighted by Gasteiger charge is -2.30. The van der Waals surface area contributed by atoms with E-state index in [4.69, 9.17) is 9.63 Å². The molecule has 2 aromatic heterocycles. The summed E-state index contributed by atoms with van der Waals surface area (Å²) in [5.74, 6) is 0.397. The quantitative estimate of drug-likeness (QED) is 0.856. The average molecular weight is 358 g/mol. The van der Waals surface area contributed by atoms with Crippen molar-refractivity contribution in [3.05, 3.63) is 23.4 Å². The number of carboxylic acid groups (broad SMARTS) is 1. The highest BCUT2D eigenvalue weighted by molar-refractivity contribution is 7.13. The molecule has 8 heteroatoms. The summed E-state index contributed by atoms with van der Waals surface area (Å²) in [6.07, 6.45) is 3.38. The normalized spacial score (nSPS) is 18.5. The van der Waals surface area contributed by atoms with Gasteiger partial charge >= 0.3 is 5.97 Å². The average Bonchev–Trinajstić information content (AvgIpc) is 3.18. The number of aliphatic carboxylic acids is 1. The predicted molar refractivity (Wildman–Crippen MR) is 90.0 cm³/mol. The molecule has 2 aromatic rings. The smallest absolute Gasteiger partial charge is 0.307 e. The van der Waals surface area contributed by atoms with Gasteiger partial charge in [0.05, 0.1) is 10.8 Å². The van der Waals surface area contributed by atoms with Gasteiger partial charge in [-0.25, -0.2) is 0 Å². The Hall–Kier alpha value is -1.44. The van der Waals surface area contributed by atoms with Crippen molar-refractivity contribution >= 4 is 29.7 Å². The van der Waals surface area contributed by atoms with Crippen molar-refractivity contribution in [1.29, 1.82) is 0 Å². The molecule has 0 aromatic carbocycles. The summed E-state index contributed by atoms with van der Waals surface area (Å²) in [6.45, 7) is 2.51. The summed E-state index contributed by atoms with van der Waals surface area (Å²) in [7, 11) is 0. The van der Waals surface area contributed by atoms with Crippen LogP contribution in [-0.2, 0) is 11.2 Å². The van der Waals surface area contributed by atoms with Crippen LogP contribution in [0, 0.1) is 5.92 Å². The van der Waals surface area contributed by atoms with Gasteiger partial charge in [-0.3, -0.25) is 4.79 Å². The van der Waals surface area contributed by atoms with E-state index in [9.17, 15) is 4.79 Å². The Morgan fingerprint density at radius 1 is 1.52 bits per heavy atom. The van der Waals surface area contributed by atoms with Crippen LogP contribution in [0.3, 0.4) is 0 Å². The van der Waals surface area contributed by atoms with Crippen LogP contribution in [0.4, 0.5) is 0 Å². The van der Waals surface area contributed by atoms with Crippen LogP contribution in [0.25, 0.3) is 10.7 Å². The Bertz CT molecular complexity index is 617. The summed E-state index contributed by atoms with van der Waals surface area (Å²) in [6, 6.07) is 3.93. The predicted octanol–water partition coefficient (Wildman–Crippen LogP) is 2.95. The molecule has 1 fully saturated rings. The minimum absolute atomic E-state index is 0. The van der Waals surface area contributed by atoms with Crippen molar-refractivity contribution in [2.45, 2.75) is 25.7 Å². The monoisotopic (exact) mass is 357 g/mol. The van der Waals surface area contributed by atoms with Crippen LogP contribution in [-0.4, -0.2) is 45.8 Å². The first-order chi connectivity index (χ1) is 10.7. The number of aryl methyl sites for hydroxylation is 1. The van der Waals surface area contributed by atoms with Crippen molar-refractivity contribution in [3.63, 3.8) is 0 Å². The van der Waals surface area contributed by atoms with Gasteiger partial charge in [0.2, 0.25) is 11.7 Å². The Kier molecular flexibility index (Phi) is 6.56. The lowest BCUT2D eigenvalue weighted by Crippen LogP contribution is -2.39. The lowest BCUT2D eigenvalue weighted by atomic mass is 9.98. The number of hydrogen-bond acceptors (Lipinski definition) is 6. The van der Waals surface area contributed by atoms with Gasteiger partial charge in [0.25, 0.3) is 0 Å². The van der Waals surface area contributed by atoms with E-state index in [2.05, 4.69) is 15.0 Å². The molecule has 3 rings (SSSR count). The van der Waals surface area contributed by atoms with Gasteiger partial charge < -0.3 is 14.5 Å². The Balaban J connectivity index is 0.00000192. The van der Waals surface area contributed by atoms with Gasteiger partial charge in [-0.1, -0.05) is 11.2 Å². The number of halogens is 1. The Labute approximate surface area is 144 Å². The molecular weight excluding hydrogens is 338 g/mol. The fourth-order valence-electron chi connectivity index (χ4n) is 2.78. The van der Waals surface area contributed by atoms with Gasteiger partial charge in [0.1, 0.15) is 0 Å². The maximum Gasteiger partial charge on any atom is 0.307 e. The zero-order valence-corrected chi connectivity index (χ0v) is 14.3. The molecule has 126 valence electrons. The number of likely N-dealkylation sites (tertiary alicyclic amines) is 1. The van der Waals surface area contributed by atoms with Crippen molar-refractivity contribution < 1.29 is 14.4 Å². The minimum Gasteiger partial charge on any atom is -0.481 e. The number of nitrogens with zero attached hydrogens (tertiary/aromatic N) is 3. The second-order valence-corrected chi connectivity index (χ2v) is 6.52. The molecule has 3 heterocycles. The molecule has 1 aliphatic heterocycles. The van der Waals surface area contributed by atoms with Crippen molar-refractivity contribution in [3.8, 4) is 10.7 Å². The van der Waals surface area contributed by atoms with Crippen LogP contribution in [0.2, 0.25) is 0 Å². The molecule has 0 aliphatic carbocycles. The SMILES string of the molecule is Cl.O=C(O)C1CCCN(CCCc2nc(-c3cccs3)no2)C1. The van der Waals surface area contributed by atoms with Gasteiger partial charge in [-0.2, -0.15) is 4.98 Å². The molecule has 0 saturated carbocycles. The van der Waals surface area contributed by atoms with E-state index in [0.29, 0.717) is 18.3 Å². The topological polar surface area (TPSA) is 79.5 Å². The van der Waals surface area contributed by atoms with E-state index in [-0.39, 0.29) is 18.3 Å². The number of hydrogen-bond donors (Lipinski definition) is 1. The van der Waals surface area contributed by atoms with Crippen LogP contribution < -0.4 is 0 Å². The number of rotatable bonds is 6. The van der Waals surface area contributed by atoms with Crippen molar-refractivity contribution in [2.24, 2.45) is 5.92 Å². The van der Waals surface area contributed by atoms with E-state index < -0.39 is 5.97 Å². The van der Waals surface area contributed by atoms with Crippen LogP contribution in [0.1, 0.15) is 25.2 Å². The zero-order chi connectivity index (χ0) is 15.4. The van der Waals surface area contributed by atoms with Crippen LogP contribution in [0.5, 0.6) is 0 Å². The molecule has 6 nitrogen and oxygen atoms in total. The first kappa shape index (κ1) is 17.9. The van der Waals surface area contributed by atoms with E-state index in [1.54, 1.807) is 11.3 Å². The maximum atomic E-state index is 11.1. The molecule has 0 bridgehead atoms. The number of piperidine rings is 1. The van der Waals surface area contributed by atoms with E-state index in [1.165, 1.54) is 0 Å². The number of carbonyl (C=O) groups is 1. The first-order valence-corrected chi connectivity index (χ1v) is 8.42. The minimum atomic E-state index is -0.679. The standard InChI is InChI=1S/C15H19N3O3S.ClH/c19-15(20)11-4-1-7-18(10-11)8-2-6-13-16-14(17-21-13)12-5-3-9-22-12;/h3,5,9,11H,1-2,4,6-8,10H2,(H,19,20);1H. The third kappa shape index (κ3) is 4.76. The molecule has 1 unspecified atom stereocenters. The highest BCUT2D eigenvalue weighted by Gasteiger charge is 2.24. The van der Waals surface area contributed by atoms with Crippen LogP contribution >= 0.6 is 23.7 Å². The highest BCUT2D eigenvalue weighted by atomic mass is 35.5. The fraction of sp³-hybridized carbons (Fsp3) is 0.533. The maximum absolute atomic E-state index is 11.1. The third-order valence-corrected chi connectivity index (χ3v) is 4.80. The molecule has 0 spiro atoms. The largest absolute Gasteiger partial charge is 0.481 e. The fourth-order valence-corrected chi connectivity index (χ4v) is 3.43. The number of thiophene rings is 1. The second kappa shape index (κ2) is 8.42. The summed E-state index contributed by atoms with van der Waals surface area (Å²) < 4.78 is 5.27. The molecule has 23 heavy (non-hydrogen) atoms. The van der Waals surface area contributed by atoms with Crippen molar-refractivity contribution in [1.82, 2.24) is 15.0 Å². The Morgan fingerprint density at radius 3 is 3.13 bits per heavy atom. The summed E-state index contributed by atoms with van der Waals surface area (Å²) in [4.78, 5) is 18.7. The Morgan fingerprint density at radius 2 is 2.39 bits per heavy atom. The number of aromatic nitrogens is 2. The highest BCUT2D eigenvalue weighted by Crippen LogP contribution is 2.22. The van der Waals surface area contributed by atoms with Crippen molar-refractivity contribution in [2.75, 3.05) is 19.6 Å². The third-order valence-electron chi connectivity index (χ3n) is 3.93. The van der Waals surface area contributed by atoms with E-state index in [0.717, 1.165) is 43.6 Å². The van der Waals surface area contributed by atoms with Crippen LogP contribution in [0.15, 0.2) is 22.0 Å². The molecular formula is C15H20ClN3O3S. The molecule has 1 N–H and O–H groups in total.